The monoisotopic (exact) mass is 315 g/mol. The third kappa shape index (κ3) is 5.40. The summed E-state index contributed by atoms with van der Waals surface area (Å²) in [5.41, 5.74) is 1.01. The zero-order valence-electron chi connectivity index (χ0n) is 10.4. The van der Waals surface area contributed by atoms with Gasteiger partial charge in [-0.15, -0.1) is 0 Å². The Labute approximate surface area is 115 Å². The van der Waals surface area contributed by atoms with Gasteiger partial charge in [-0.2, -0.15) is 0 Å². The zero-order valence-corrected chi connectivity index (χ0v) is 12.0. The molecule has 0 aliphatic carbocycles. The molecule has 18 heavy (non-hydrogen) atoms. The second-order valence-corrected chi connectivity index (χ2v) is 4.83. The number of anilines is 1. The molecule has 0 amide bonds. The van der Waals surface area contributed by atoms with E-state index in [1.54, 1.807) is 7.11 Å². The predicted octanol–water partition coefficient (Wildman–Crippen LogP) is 3.51. The van der Waals surface area contributed by atoms with Gasteiger partial charge < -0.3 is 15.2 Å². The Hall–Kier alpha value is -1.23. The molecule has 0 aliphatic rings. The number of aliphatic carboxylic acids is 1. The molecular weight excluding hydrogens is 298 g/mol. The van der Waals surface area contributed by atoms with Crippen molar-refractivity contribution in [2.45, 2.75) is 25.7 Å². The molecule has 0 aromatic heterocycles. The number of ether oxygens (including phenoxy) is 1. The van der Waals surface area contributed by atoms with Crippen LogP contribution in [0.4, 0.5) is 5.69 Å². The van der Waals surface area contributed by atoms with Gasteiger partial charge in [0.15, 0.2) is 0 Å². The Morgan fingerprint density at radius 1 is 1.39 bits per heavy atom. The van der Waals surface area contributed by atoms with Crippen molar-refractivity contribution < 1.29 is 14.6 Å². The largest absolute Gasteiger partial charge is 0.495 e. The topological polar surface area (TPSA) is 58.6 Å². The van der Waals surface area contributed by atoms with Crippen LogP contribution in [-0.4, -0.2) is 24.7 Å². The first-order valence-corrected chi connectivity index (χ1v) is 6.72. The number of methoxy groups -OCH3 is 1. The third-order valence-corrected chi connectivity index (χ3v) is 3.20. The number of carbonyl (C=O) groups is 1. The highest BCUT2D eigenvalue weighted by atomic mass is 79.9. The Kier molecular flexibility index (Phi) is 6.57. The molecule has 0 atom stereocenters. The van der Waals surface area contributed by atoms with Crippen molar-refractivity contribution in [2.75, 3.05) is 19.0 Å². The van der Waals surface area contributed by atoms with E-state index in [1.807, 2.05) is 18.2 Å². The number of halogens is 1. The second-order valence-electron chi connectivity index (χ2n) is 3.98. The van der Waals surface area contributed by atoms with Crippen LogP contribution in [0.2, 0.25) is 0 Å². The number of hydrogen-bond acceptors (Lipinski definition) is 3. The van der Waals surface area contributed by atoms with Crippen molar-refractivity contribution in [2.24, 2.45) is 0 Å². The van der Waals surface area contributed by atoms with E-state index in [4.69, 9.17) is 9.84 Å². The number of benzene rings is 1. The van der Waals surface area contributed by atoms with Crippen molar-refractivity contribution in [3.63, 3.8) is 0 Å². The predicted molar refractivity (Wildman–Crippen MR) is 75.3 cm³/mol. The average molecular weight is 316 g/mol. The van der Waals surface area contributed by atoms with E-state index >= 15 is 0 Å². The van der Waals surface area contributed by atoms with Crippen molar-refractivity contribution in [1.82, 2.24) is 0 Å². The van der Waals surface area contributed by atoms with Gasteiger partial charge in [-0.3, -0.25) is 4.79 Å². The van der Waals surface area contributed by atoms with Crippen LogP contribution in [0.1, 0.15) is 25.7 Å². The van der Waals surface area contributed by atoms with Crippen LogP contribution in [0, 0.1) is 0 Å². The summed E-state index contributed by atoms with van der Waals surface area (Å²) in [4.78, 5) is 10.3. The van der Waals surface area contributed by atoms with E-state index in [2.05, 4.69) is 21.2 Å². The maximum atomic E-state index is 10.3. The Morgan fingerprint density at radius 3 is 2.83 bits per heavy atom. The molecular formula is C13H18BrNO3. The first-order valence-electron chi connectivity index (χ1n) is 5.92. The van der Waals surface area contributed by atoms with Gasteiger partial charge in [0.2, 0.25) is 0 Å². The van der Waals surface area contributed by atoms with Gasteiger partial charge in [-0.05, 0) is 40.9 Å². The summed E-state index contributed by atoms with van der Waals surface area (Å²) in [6.45, 7) is 0.838. The SMILES string of the molecule is COc1cc(NCCCCCC(=O)O)ccc1Br. The van der Waals surface area contributed by atoms with E-state index in [0.717, 1.165) is 41.7 Å². The number of rotatable bonds is 8. The summed E-state index contributed by atoms with van der Waals surface area (Å²) in [7, 11) is 1.63. The number of hydrogen-bond donors (Lipinski definition) is 2. The number of unbranched alkanes of at least 4 members (excludes halogenated alkanes) is 2. The average Bonchev–Trinajstić information content (AvgIpc) is 2.35. The highest BCUT2D eigenvalue weighted by molar-refractivity contribution is 9.10. The lowest BCUT2D eigenvalue weighted by Gasteiger charge is -2.09. The van der Waals surface area contributed by atoms with E-state index in [1.165, 1.54) is 0 Å². The van der Waals surface area contributed by atoms with Crippen LogP contribution in [0.25, 0.3) is 0 Å². The summed E-state index contributed by atoms with van der Waals surface area (Å²) in [5.74, 6) is 0.0754. The molecule has 0 bridgehead atoms. The summed E-state index contributed by atoms with van der Waals surface area (Å²) in [5, 5.41) is 11.8. The van der Waals surface area contributed by atoms with E-state index in [0.29, 0.717) is 0 Å². The molecule has 1 aromatic carbocycles. The smallest absolute Gasteiger partial charge is 0.303 e. The lowest BCUT2D eigenvalue weighted by atomic mass is 10.2. The molecule has 4 nitrogen and oxygen atoms in total. The van der Waals surface area contributed by atoms with Crippen LogP contribution in [-0.2, 0) is 4.79 Å². The van der Waals surface area contributed by atoms with E-state index < -0.39 is 5.97 Å². The fourth-order valence-electron chi connectivity index (χ4n) is 1.58. The number of nitrogens with one attached hydrogen (secondary N) is 1. The molecule has 1 rings (SSSR count). The summed E-state index contributed by atoms with van der Waals surface area (Å²) in [6.07, 6.45) is 2.88. The Bertz CT molecular complexity index is 396. The molecule has 5 heteroatoms. The molecule has 0 saturated carbocycles. The van der Waals surface area contributed by atoms with Gasteiger partial charge in [0.05, 0.1) is 11.6 Å². The molecule has 100 valence electrons. The van der Waals surface area contributed by atoms with Crippen molar-refractivity contribution in [3.05, 3.63) is 22.7 Å². The maximum Gasteiger partial charge on any atom is 0.303 e. The number of carboxylic acid groups (broad SMARTS) is 1. The van der Waals surface area contributed by atoms with Gasteiger partial charge in [0.1, 0.15) is 5.75 Å². The van der Waals surface area contributed by atoms with Crippen LogP contribution < -0.4 is 10.1 Å². The van der Waals surface area contributed by atoms with Crippen molar-refractivity contribution >= 4 is 27.6 Å². The molecule has 0 saturated heterocycles. The van der Waals surface area contributed by atoms with Crippen LogP contribution in [0.3, 0.4) is 0 Å². The quantitative estimate of drug-likeness (QED) is 0.721. The minimum absolute atomic E-state index is 0.256. The lowest BCUT2D eigenvalue weighted by Crippen LogP contribution is -2.02. The molecule has 0 fully saturated rings. The fourth-order valence-corrected chi connectivity index (χ4v) is 1.99. The van der Waals surface area contributed by atoms with Gasteiger partial charge in [0.25, 0.3) is 0 Å². The van der Waals surface area contributed by atoms with Crippen LogP contribution in [0.5, 0.6) is 5.75 Å². The molecule has 0 radical (unpaired) electrons. The molecule has 1 aromatic rings. The van der Waals surface area contributed by atoms with E-state index in [-0.39, 0.29) is 6.42 Å². The minimum atomic E-state index is -0.722. The highest BCUT2D eigenvalue weighted by Gasteiger charge is 2.01. The van der Waals surface area contributed by atoms with Crippen molar-refractivity contribution in [1.29, 1.82) is 0 Å². The fraction of sp³-hybridized carbons (Fsp3) is 0.462. The molecule has 0 aliphatic heterocycles. The summed E-state index contributed by atoms with van der Waals surface area (Å²) in [6, 6.07) is 5.84. The van der Waals surface area contributed by atoms with E-state index in [9.17, 15) is 4.79 Å². The van der Waals surface area contributed by atoms with Gasteiger partial charge in [-0.1, -0.05) is 6.42 Å². The normalized spacial score (nSPS) is 10.1. The lowest BCUT2D eigenvalue weighted by molar-refractivity contribution is -0.137. The molecule has 0 spiro atoms. The Balaban J connectivity index is 2.25. The second kappa shape index (κ2) is 7.97. The zero-order chi connectivity index (χ0) is 13.4. The standard InChI is InChI=1S/C13H18BrNO3/c1-18-12-9-10(6-7-11(12)14)15-8-4-2-3-5-13(16)17/h6-7,9,15H,2-5,8H2,1H3,(H,16,17). The Morgan fingerprint density at radius 2 is 2.17 bits per heavy atom. The van der Waals surface area contributed by atoms with Gasteiger partial charge in [-0.25, -0.2) is 0 Å². The van der Waals surface area contributed by atoms with Crippen molar-refractivity contribution in [3.8, 4) is 5.75 Å². The molecule has 0 heterocycles. The maximum absolute atomic E-state index is 10.3. The first-order chi connectivity index (χ1) is 8.63. The minimum Gasteiger partial charge on any atom is -0.495 e. The third-order valence-electron chi connectivity index (χ3n) is 2.55. The first kappa shape index (κ1) is 14.8. The summed E-state index contributed by atoms with van der Waals surface area (Å²) >= 11 is 3.40. The molecule has 0 unspecified atom stereocenters. The molecule has 2 N–H and O–H groups in total. The van der Waals surface area contributed by atoms with Gasteiger partial charge in [0, 0.05) is 24.7 Å². The van der Waals surface area contributed by atoms with Crippen LogP contribution >= 0.6 is 15.9 Å². The van der Waals surface area contributed by atoms with Crippen LogP contribution in [0.15, 0.2) is 22.7 Å². The highest BCUT2D eigenvalue weighted by Crippen LogP contribution is 2.27. The number of carboxylic acids is 1. The summed E-state index contributed by atoms with van der Waals surface area (Å²) < 4.78 is 6.13. The van der Waals surface area contributed by atoms with Gasteiger partial charge >= 0.3 is 5.97 Å².